The highest BCUT2D eigenvalue weighted by Gasteiger charge is 2.09. The molecule has 0 fully saturated rings. The van der Waals surface area contributed by atoms with E-state index in [1.807, 2.05) is 0 Å². The zero-order valence-corrected chi connectivity index (χ0v) is 15.6. The van der Waals surface area contributed by atoms with Crippen molar-refractivity contribution >= 4 is 0 Å². The van der Waals surface area contributed by atoms with Crippen molar-refractivity contribution in [3.8, 4) is 0 Å². The molecule has 0 aliphatic heterocycles. The zero-order valence-electron chi connectivity index (χ0n) is 14.9. The van der Waals surface area contributed by atoms with E-state index in [4.69, 9.17) is 34.6 Å². The molecule has 148 valence electrons. The van der Waals surface area contributed by atoms with Gasteiger partial charge in [-0.3, -0.25) is 0 Å². The van der Waals surface area contributed by atoms with Crippen LogP contribution >= 0.6 is 0 Å². The molecular formula is C16H36ClNO6. The first kappa shape index (κ1) is 26.2. The van der Waals surface area contributed by atoms with Crippen LogP contribution in [-0.2, 0) is 0 Å². The van der Waals surface area contributed by atoms with E-state index in [2.05, 4.69) is 6.92 Å². The molecule has 0 aromatic carbocycles. The van der Waals surface area contributed by atoms with Crippen molar-refractivity contribution in [3.63, 3.8) is 0 Å². The summed E-state index contributed by atoms with van der Waals surface area (Å²) in [5.74, 6) is 0. The van der Waals surface area contributed by atoms with Crippen LogP contribution in [0.4, 0.5) is 0 Å². The molecular weight excluding hydrogens is 338 g/mol. The monoisotopic (exact) mass is 373 g/mol. The van der Waals surface area contributed by atoms with Gasteiger partial charge in [-0.05, 0) is 6.42 Å². The van der Waals surface area contributed by atoms with Crippen LogP contribution in [0.15, 0.2) is 0 Å². The first-order valence-electron chi connectivity index (χ1n) is 8.93. The molecule has 0 bridgehead atoms. The van der Waals surface area contributed by atoms with Gasteiger partial charge in [0, 0.05) is 0 Å². The van der Waals surface area contributed by atoms with E-state index < -0.39 is 22.6 Å². The molecule has 1 unspecified atom stereocenters. The van der Waals surface area contributed by atoms with Crippen LogP contribution in [0.2, 0.25) is 0 Å². The second kappa shape index (κ2) is 17.8. The topological polar surface area (TPSA) is 156 Å². The van der Waals surface area contributed by atoms with Crippen LogP contribution in [0.25, 0.3) is 0 Å². The minimum atomic E-state index is -4.69. The predicted molar refractivity (Wildman–Crippen MR) is 84.1 cm³/mol. The standard InChI is InChI=1S/C16H35NO2.ClHO4/c1-2-3-4-5-6-7-8-9-10-11-12-13-14-15(17)16(18)19;2-1(3,4)5/h15-16,18-19H,2-14,17H2,1H3;(H,2,3,4,5). The third kappa shape index (κ3) is 30.0. The van der Waals surface area contributed by atoms with Gasteiger partial charge in [0.2, 0.25) is 0 Å². The van der Waals surface area contributed by atoms with Gasteiger partial charge in [0.1, 0.15) is 0 Å². The van der Waals surface area contributed by atoms with Gasteiger partial charge in [0.25, 0.3) is 0 Å². The van der Waals surface area contributed by atoms with Crippen LogP contribution in [0, 0.1) is 10.2 Å². The zero-order chi connectivity index (χ0) is 18.8. The summed E-state index contributed by atoms with van der Waals surface area (Å²) in [4.78, 5) is 0. The summed E-state index contributed by atoms with van der Waals surface area (Å²) in [6.45, 7) is 2.26. The summed E-state index contributed by atoms with van der Waals surface area (Å²) >= 11 is 0. The molecule has 0 amide bonds. The maximum Gasteiger partial charge on any atom is 0.166 e. The smallest absolute Gasteiger partial charge is 0.166 e. The summed E-state index contributed by atoms with van der Waals surface area (Å²) in [5, 5.41) is 17.7. The van der Waals surface area contributed by atoms with Crippen molar-refractivity contribution in [1.82, 2.24) is 0 Å². The molecule has 0 saturated heterocycles. The summed E-state index contributed by atoms with van der Waals surface area (Å²) in [6.07, 6.45) is 15.2. The van der Waals surface area contributed by atoms with E-state index in [0.29, 0.717) is 0 Å². The Hall–Kier alpha value is 0.01000. The maximum atomic E-state index is 8.83. The molecule has 0 radical (unpaired) electrons. The van der Waals surface area contributed by atoms with Crippen molar-refractivity contribution in [1.29, 1.82) is 0 Å². The molecule has 0 aliphatic rings. The number of rotatable bonds is 14. The highest BCUT2D eigenvalue weighted by Crippen LogP contribution is 2.12. The molecule has 24 heavy (non-hydrogen) atoms. The van der Waals surface area contributed by atoms with Crippen molar-refractivity contribution in [2.24, 2.45) is 5.73 Å². The number of halogens is 1. The highest BCUT2D eigenvalue weighted by atomic mass is 35.7. The SMILES string of the molecule is CCCCCCCCCCCCCCC(N)C(O)O.[O-][Cl+3]([O-])([O-])O. The Kier molecular flexibility index (Phi) is 19.5. The molecule has 7 nitrogen and oxygen atoms in total. The van der Waals surface area contributed by atoms with Crippen molar-refractivity contribution in [2.45, 2.75) is 103 Å². The first-order chi connectivity index (χ1) is 11.2. The average molecular weight is 374 g/mol. The lowest BCUT2D eigenvalue weighted by Gasteiger charge is -2.12. The minimum absolute atomic E-state index is 0.469. The van der Waals surface area contributed by atoms with Gasteiger partial charge in [0.15, 0.2) is 6.29 Å². The lowest BCUT2D eigenvalue weighted by molar-refractivity contribution is -1.92. The fourth-order valence-electron chi connectivity index (χ4n) is 2.37. The average Bonchev–Trinajstić information content (AvgIpc) is 2.46. The molecule has 0 aromatic rings. The number of aliphatic hydroxyl groups is 2. The van der Waals surface area contributed by atoms with Crippen LogP contribution in [-0.4, -0.2) is 27.2 Å². The second-order valence-electron chi connectivity index (χ2n) is 6.15. The molecule has 0 spiro atoms. The molecule has 0 aliphatic carbocycles. The van der Waals surface area contributed by atoms with E-state index >= 15 is 0 Å². The Morgan fingerprint density at radius 2 is 1.04 bits per heavy atom. The van der Waals surface area contributed by atoms with Crippen LogP contribution in [0.1, 0.15) is 90.4 Å². The van der Waals surface area contributed by atoms with Crippen molar-refractivity contribution in [2.75, 3.05) is 0 Å². The van der Waals surface area contributed by atoms with Gasteiger partial charge in [-0.25, -0.2) is 0 Å². The molecule has 5 N–H and O–H groups in total. The van der Waals surface area contributed by atoms with Crippen molar-refractivity contribution in [3.05, 3.63) is 0 Å². The Morgan fingerprint density at radius 1 is 0.750 bits per heavy atom. The summed E-state index contributed by atoms with van der Waals surface area (Å²) < 4.78 is 32.7. The van der Waals surface area contributed by atoms with E-state index in [-0.39, 0.29) is 0 Å². The Morgan fingerprint density at radius 3 is 1.33 bits per heavy atom. The van der Waals surface area contributed by atoms with Crippen molar-refractivity contribution < 1.29 is 39.1 Å². The predicted octanol–water partition coefficient (Wildman–Crippen LogP) is -0.408. The summed E-state index contributed by atoms with van der Waals surface area (Å²) in [7, 11) is -4.69. The minimum Gasteiger partial charge on any atom is -0.367 e. The van der Waals surface area contributed by atoms with Crippen LogP contribution < -0.4 is 19.7 Å². The van der Waals surface area contributed by atoms with E-state index in [9.17, 15) is 0 Å². The Bertz CT molecular complexity index is 245. The molecule has 0 aromatic heterocycles. The third-order valence-corrected chi connectivity index (χ3v) is 3.77. The normalized spacial score (nSPS) is 12.9. The largest absolute Gasteiger partial charge is 0.367 e. The number of nitrogens with two attached hydrogens (primary N) is 1. The lowest BCUT2D eigenvalue weighted by atomic mass is 10.0. The lowest BCUT2D eigenvalue weighted by Crippen LogP contribution is -2.58. The maximum absolute atomic E-state index is 8.83. The van der Waals surface area contributed by atoms with Crippen LogP contribution in [0.5, 0.6) is 0 Å². The highest BCUT2D eigenvalue weighted by molar-refractivity contribution is 4.62. The summed E-state index contributed by atoms with van der Waals surface area (Å²) in [6, 6.07) is -0.469. The fraction of sp³-hybridized carbons (Fsp3) is 1.00. The number of aliphatic hydroxyl groups excluding tert-OH is 1. The van der Waals surface area contributed by atoms with E-state index in [0.717, 1.165) is 19.3 Å². The van der Waals surface area contributed by atoms with Gasteiger partial charge < -0.3 is 15.9 Å². The quantitative estimate of drug-likeness (QED) is 0.238. The Balaban J connectivity index is 0. The summed E-state index contributed by atoms with van der Waals surface area (Å²) in [5.41, 5.74) is 5.55. The van der Waals surface area contributed by atoms with E-state index in [1.165, 1.54) is 64.2 Å². The fourth-order valence-corrected chi connectivity index (χ4v) is 2.37. The number of hydrogen-bond donors (Lipinski definition) is 4. The second-order valence-corrected chi connectivity index (χ2v) is 6.94. The van der Waals surface area contributed by atoms with Gasteiger partial charge >= 0.3 is 0 Å². The number of hydrogen-bond acceptors (Lipinski definition) is 7. The van der Waals surface area contributed by atoms with Gasteiger partial charge in [0.05, 0.1) is 20.9 Å². The molecule has 0 heterocycles. The Labute approximate surface area is 148 Å². The third-order valence-electron chi connectivity index (χ3n) is 3.77. The molecule has 0 saturated carbocycles. The molecule has 0 rings (SSSR count). The first-order valence-corrected chi connectivity index (χ1v) is 10.2. The number of unbranched alkanes of at least 4 members (excludes halogenated alkanes) is 11. The van der Waals surface area contributed by atoms with E-state index in [1.54, 1.807) is 0 Å². The van der Waals surface area contributed by atoms with Crippen LogP contribution in [0.3, 0.4) is 0 Å². The molecule has 1 atom stereocenters. The van der Waals surface area contributed by atoms with Gasteiger partial charge in [-0.15, -0.1) is 0 Å². The van der Waals surface area contributed by atoms with Gasteiger partial charge in [-0.2, -0.15) is 14.0 Å². The molecule has 8 heteroatoms. The van der Waals surface area contributed by atoms with Gasteiger partial charge in [-0.1, -0.05) is 84.0 Å².